The molecule has 0 aliphatic carbocycles. The minimum absolute atomic E-state index is 0.146. The van der Waals surface area contributed by atoms with Gasteiger partial charge in [-0.3, -0.25) is 0 Å². The van der Waals surface area contributed by atoms with Gasteiger partial charge in [-0.2, -0.15) is 0 Å². The number of likely N-dealkylation sites (tertiary alicyclic amines) is 1. The summed E-state index contributed by atoms with van der Waals surface area (Å²) in [6.07, 6.45) is 0.574. The number of rotatable bonds is 19. The number of hydrogen-bond donors (Lipinski definition) is 0. The van der Waals surface area contributed by atoms with Gasteiger partial charge < -0.3 is 47.7 Å². The third-order valence-corrected chi connectivity index (χ3v) is 10.0. The van der Waals surface area contributed by atoms with Crippen LogP contribution in [0.5, 0.6) is 17.2 Å². The standard InChI is InChI=1S/C44H54N2O9/c1-48-23-9-21-45-22-26-53-40-20-15-34(27-38(40)45)31-54-42-29-46(44(47)55-30-33-11-5-4-6-12-33)28-41(50-3)43(42)35-16-18-37(19-17-35)52-25-10-24-51-32-36-13-7-8-14-39(36)49-2/h4-8,11-20,27,41-43H,9-10,21-26,28-32H2,1-3H3. The van der Waals surface area contributed by atoms with E-state index in [1.807, 2.05) is 78.9 Å². The number of piperidine rings is 1. The van der Waals surface area contributed by atoms with Crippen molar-refractivity contribution in [3.8, 4) is 17.2 Å². The van der Waals surface area contributed by atoms with Crippen molar-refractivity contribution in [2.45, 2.75) is 50.8 Å². The fraction of sp³-hybridized carbons (Fsp3) is 0.432. The Morgan fingerprint density at radius 2 is 1.58 bits per heavy atom. The highest BCUT2D eigenvalue weighted by molar-refractivity contribution is 5.68. The molecule has 0 bridgehead atoms. The quantitative estimate of drug-likeness (QED) is 0.0911. The first-order chi connectivity index (χ1) is 27.1. The maximum atomic E-state index is 13.4. The van der Waals surface area contributed by atoms with Crippen molar-refractivity contribution in [1.29, 1.82) is 0 Å². The molecule has 6 rings (SSSR count). The molecule has 0 spiro atoms. The summed E-state index contributed by atoms with van der Waals surface area (Å²) in [6.45, 7) is 5.90. The molecule has 1 saturated heterocycles. The number of methoxy groups -OCH3 is 3. The van der Waals surface area contributed by atoms with Crippen molar-refractivity contribution in [2.75, 3.05) is 78.8 Å². The lowest BCUT2D eigenvalue weighted by atomic mass is 9.84. The Morgan fingerprint density at radius 1 is 0.782 bits per heavy atom. The van der Waals surface area contributed by atoms with Crippen molar-refractivity contribution in [3.63, 3.8) is 0 Å². The Bertz CT molecular complexity index is 1760. The molecular formula is C44H54N2O9. The number of anilines is 1. The van der Waals surface area contributed by atoms with Crippen LogP contribution in [0.25, 0.3) is 0 Å². The Hall–Kier alpha value is -4.81. The normalized spacial score (nSPS) is 18.0. The summed E-state index contributed by atoms with van der Waals surface area (Å²) in [4.78, 5) is 17.5. The molecule has 2 heterocycles. The van der Waals surface area contributed by atoms with E-state index >= 15 is 0 Å². The smallest absolute Gasteiger partial charge is 0.410 e. The van der Waals surface area contributed by atoms with E-state index in [0.29, 0.717) is 52.7 Å². The molecule has 0 N–H and O–H groups in total. The molecule has 0 radical (unpaired) electrons. The Kier molecular flexibility index (Phi) is 15.0. The highest BCUT2D eigenvalue weighted by atomic mass is 16.6. The molecule has 2 aliphatic heterocycles. The van der Waals surface area contributed by atoms with E-state index in [1.54, 1.807) is 26.2 Å². The zero-order chi connectivity index (χ0) is 38.2. The van der Waals surface area contributed by atoms with Crippen LogP contribution in [0, 0.1) is 0 Å². The number of ether oxygens (including phenoxy) is 8. The maximum absolute atomic E-state index is 13.4. The fourth-order valence-electron chi connectivity index (χ4n) is 7.13. The number of carbonyl (C=O) groups is 1. The summed E-state index contributed by atoms with van der Waals surface area (Å²) < 4.78 is 47.2. The van der Waals surface area contributed by atoms with Gasteiger partial charge in [-0.25, -0.2) is 4.79 Å². The average Bonchev–Trinajstić information content (AvgIpc) is 3.23. The fourth-order valence-corrected chi connectivity index (χ4v) is 7.13. The predicted octanol–water partition coefficient (Wildman–Crippen LogP) is 7.25. The Labute approximate surface area is 324 Å². The van der Waals surface area contributed by atoms with Crippen LogP contribution in [0.3, 0.4) is 0 Å². The maximum Gasteiger partial charge on any atom is 0.410 e. The molecule has 11 heteroatoms. The lowest BCUT2D eigenvalue weighted by Crippen LogP contribution is -2.54. The molecule has 1 fully saturated rings. The van der Waals surface area contributed by atoms with Gasteiger partial charge in [0.1, 0.15) is 30.5 Å². The number of amides is 1. The number of fused-ring (bicyclic) bond motifs is 1. The van der Waals surface area contributed by atoms with Crippen molar-refractivity contribution in [2.24, 2.45) is 0 Å². The first-order valence-corrected chi connectivity index (χ1v) is 19.1. The molecule has 294 valence electrons. The molecule has 0 saturated carbocycles. The second-order valence-corrected chi connectivity index (χ2v) is 13.7. The van der Waals surface area contributed by atoms with Gasteiger partial charge in [-0.15, -0.1) is 0 Å². The summed E-state index contributed by atoms with van der Waals surface area (Å²) in [5.74, 6) is 2.32. The number of nitrogens with zero attached hydrogens (tertiary/aromatic N) is 2. The molecule has 55 heavy (non-hydrogen) atoms. The molecule has 3 unspecified atom stereocenters. The van der Waals surface area contributed by atoms with E-state index in [0.717, 1.165) is 71.1 Å². The topological polar surface area (TPSA) is 97.4 Å². The second-order valence-electron chi connectivity index (χ2n) is 13.7. The summed E-state index contributed by atoms with van der Waals surface area (Å²) in [6, 6.07) is 31.9. The average molecular weight is 755 g/mol. The van der Waals surface area contributed by atoms with Crippen molar-refractivity contribution >= 4 is 11.8 Å². The molecule has 2 aliphatic rings. The van der Waals surface area contributed by atoms with Crippen molar-refractivity contribution < 1.29 is 42.7 Å². The molecule has 4 aromatic carbocycles. The number of para-hydroxylation sites is 1. The van der Waals surface area contributed by atoms with E-state index in [1.165, 1.54) is 0 Å². The van der Waals surface area contributed by atoms with Crippen LogP contribution in [-0.4, -0.2) is 97.1 Å². The minimum atomic E-state index is -0.397. The van der Waals surface area contributed by atoms with Crippen LogP contribution >= 0.6 is 0 Å². The molecule has 11 nitrogen and oxygen atoms in total. The summed E-state index contributed by atoms with van der Waals surface area (Å²) in [5, 5.41) is 0. The molecular weight excluding hydrogens is 700 g/mol. The van der Waals surface area contributed by atoms with Gasteiger partial charge in [0, 0.05) is 45.3 Å². The summed E-state index contributed by atoms with van der Waals surface area (Å²) >= 11 is 0. The van der Waals surface area contributed by atoms with Gasteiger partial charge in [0.2, 0.25) is 0 Å². The predicted molar refractivity (Wildman–Crippen MR) is 210 cm³/mol. The second kappa shape index (κ2) is 20.8. The Morgan fingerprint density at radius 3 is 2.38 bits per heavy atom. The van der Waals surface area contributed by atoms with Crippen LogP contribution < -0.4 is 19.1 Å². The van der Waals surface area contributed by atoms with E-state index in [4.69, 9.17) is 37.9 Å². The van der Waals surface area contributed by atoms with E-state index in [9.17, 15) is 4.79 Å². The van der Waals surface area contributed by atoms with Crippen LogP contribution in [0.4, 0.5) is 10.5 Å². The van der Waals surface area contributed by atoms with Gasteiger partial charge in [0.15, 0.2) is 0 Å². The highest BCUT2D eigenvalue weighted by Gasteiger charge is 2.41. The zero-order valence-corrected chi connectivity index (χ0v) is 32.2. The van der Waals surface area contributed by atoms with E-state index < -0.39 is 6.09 Å². The van der Waals surface area contributed by atoms with Gasteiger partial charge in [-0.1, -0.05) is 66.7 Å². The Balaban J connectivity index is 1.11. The summed E-state index contributed by atoms with van der Waals surface area (Å²) in [7, 11) is 5.08. The molecule has 3 atom stereocenters. The van der Waals surface area contributed by atoms with Gasteiger partial charge >= 0.3 is 6.09 Å². The number of benzene rings is 4. The lowest BCUT2D eigenvalue weighted by Gasteiger charge is -2.42. The molecule has 4 aromatic rings. The van der Waals surface area contributed by atoms with Gasteiger partial charge in [-0.05, 0) is 53.4 Å². The van der Waals surface area contributed by atoms with Crippen LogP contribution in [0.1, 0.15) is 41.0 Å². The van der Waals surface area contributed by atoms with E-state index in [-0.39, 0.29) is 24.7 Å². The first kappa shape index (κ1) is 39.9. The lowest BCUT2D eigenvalue weighted by molar-refractivity contribution is -0.0806. The van der Waals surface area contributed by atoms with Crippen LogP contribution in [0.2, 0.25) is 0 Å². The van der Waals surface area contributed by atoms with Gasteiger partial charge in [0.05, 0.1) is 71.1 Å². The summed E-state index contributed by atoms with van der Waals surface area (Å²) in [5.41, 5.74) is 5.07. The first-order valence-electron chi connectivity index (χ1n) is 19.1. The van der Waals surface area contributed by atoms with Crippen LogP contribution in [0.15, 0.2) is 97.1 Å². The monoisotopic (exact) mass is 754 g/mol. The third kappa shape index (κ3) is 11.1. The number of carbonyl (C=O) groups excluding carboxylic acids is 1. The van der Waals surface area contributed by atoms with E-state index in [2.05, 4.69) is 23.1 Å². The zero-order valence-electron chi connectivity index (χ0n) is 32.2. The van der Waals surface area contributed by atoms with Crippen molar-refractivity contribution in [1.82, 2.24) is 4.90 Å². The largest absolute Gasteiger partial charge is 0.496 e. The molecule has 1 amide bonds. The molecule has 0 aromatic heterocycles. The highest BCUT2D eigenvalue weighted by Crippen LogP contribution is 2.36. The van der Waals surface area contributed by atoms with Crippen molar-refractivity contribution in [3.05, 3.63) is 119 Å². The van der Waals surface area contributed by atoms with Gasteiger partial charge in [0.25, 0.3) is 0 Å². The minimum Gasteiger partial charge on any atom is -0.496 e. The SMILES string of the molecule is COCCCN1CCOc2ccc(COC3CN(C(=O)OCc4ccccc4)CC(OC)C3c3ccc(OCCCOCc4ccccc4OC)cc3)cc21. The number of hydrogen-bond acceptors (Lipinski definition) is 10. The van der Waals surface area contributed by atoms with Crippen LogP contribution in [-0.2, 0) is 43.5 Å². The third-order valence-electron chi connectivity index (χ3n) is 10.0.